The number of hydrazone groups is 1. The van der Waals surface area contributed by atoms with E-state index in [1.54, 1.807) is 18.3 Å². The Kier molecular flexibility index (Phi) is 3.52. The van der Waals surface area contributed by atoms with Crippen LogP contribution < -0.4 is 9.91 Å². The van der Waals surface area contributed by atoms with Gasteiger partial charge in [0.1, 0.15) is 0 Å². The first-order chi connectivity index (χ1) is 8.66. The Morgan fingerprint density at radius 3 is 2.44 bits per heavy atom. The van der Waals surface area contributed by atoms with Crippen molar-refractivity contribution in [1.29, 1.82) is 0 Å². The van der Waals surface area contributed by atoms with E-state index in [4.69, 9.17) is 0 Å². The maximum Gasteiger partial charge on any atom is 0.285 e. The van der Waals surface area contributed by atoms with Crippen LogP contribution in [0.25, 0.3) is 0 Å². The van der Waals surface area contributed by atoms with E-state index in [1.807, 2.05) is 43.3 Å². The Labute approximate surface area is 105 Å². The van der Waals surface area contributed by atoms with Gasteiger partial charge in [-0.1, -0.05) is 17.2 Å². The molecule has 1 aromatic carbocycles. The molecular formula is C11H15N7. The summed E-state index contributed by atoms with van der Waals surface area (Å²) in [6.07, 6.45) is 1.75. The van der Waals surface area contributed by atoms with Gasteiger partial charge in [-0.15, -0.1) is 5.10 Å². The van der Waals surface area contributed by atoms with Crippen LogP contribution in [0.15, 0.2) is 29.4 Å². The molecule has 0 atom stereocenters. The fourth-order valence-electron chi connectivity index (χ4n) is 1.36. The van der Waals surface area contributed by atoms with Crippen LogP contribution in [0.4, 0.5) is 11.6 Å². The summed E-state index contributed by atoms with van der Waals surface area (Å²) < 4.78 is 0. The molecule has 0 saturated carbocycles. The maximum atomic E-state index is 4.22. The second-order valence-corrected chi connectivity index (χ2v) is 3.97. The Morgan fingerprint density at radius 2 is 1.89 bits per heavy atom. The highest BCUT2D eigenvalue weighted by Crippen LogP contribution is 2.11. The van der Waals surface area contributed by atoms with E-state index >= 15 is 0 Å². The fourth-order valence-corrected chi connectivity index (χ4v) is 1.36. The van der Waals surface area contributed by atoms with Crippen LogP contribution in [0.1, 0.15) is 5.56 Å². The minimum absolute atomic E-state index is 0.427. The molecule has 2 aromatic rings. The third-order valence-electron chi connectivity index (χ3n) is 2.41. The van der Waals surface area contributed by atoms with Crippen molar-refractivity contribution >= 4 is 17.9 Å². The predicted octanol–water partition coefficient (Wildman–Crippen LogP) is 0.736. The predicted molar refractivity (Wildman–Crippen MR) is 70.9 cm³/mol. The van der Waals surface area contributed by atoms with E-state index in [2.05, 4.69) is 25.7 Å². The average Bonchev–Trinajstić information content (AvgIpc) is 2.90. The van der Waals surface area contributed by atoms with Gasteiger partial charge in [0.05, 0.1) is 6.21 Å². The number of benzene rings is 1. The van der Waals surface area contributed by atoms with Gasteiger partial charge in [0.2, 0.25) is 0 Å². The first kappa shape index (κ1) is 12.0. The number of nitrogens with zero attached hydrogens (tertiary/aromatic N) is 6. The smallest absolute Gasteiger partial charge is 0.285 e. The van der Waals surface area contributed by atoms with Crippen LogP contribution in [-0.2, 0) is 0 Å². The van der Waals surface area contributed by atoms with Gasteiger partial charge in [-0.2, -0.15) is 10.3 Å². The zero-order valence-corrected chi connectivity index (χ0v) is 10.6. The van der Waals surface area contributed by atoms with Gasteiger partial charge in [-0.3, -0.25) is 0 Å². The fraction of sp³-hybridized carbons (Fsp3) is 0.273. The third kappa shape index (κ3) is 2.82. The molecule has 0 aliphatic carbocycles. The highest BCUT2D eigenvalue weighted by Gasteiger charge is 2.01. The molecule has 0 radical (unpaired) electrons. The number of H-pyrrole nitrogens is 1. The summed E-state index contributed by atoms with van der Waals surface area (Å²) in [7, 11) is 5.77. The zero-order valence-electron chi connectivity index (χ0n) is 10.6. The van der Waals surface area contributed by atoms with Gasteiger partial charge < -0.3 is 4.90 Å². The second-order valence-electron chi connectivity index (χ2n) is 3.97. The number of anilines is 2. The van der Waals surface area contributed by atoms with Crippen molar-refractivity contribution < 1.29 is 0 Å². The summed E-state index contributed by atoms with van der Waals surface area (Å²) in [5, 5.41) is 19.3. The number of hydrogen-bond acceptors (Lipinski definition) is 6. The van der Waals surface area contributed by atoms with E-state index < -0.39 is 0 Å². The molecule has 7 nitrogen and oxygen atoms in total. The second kappa shape index (κ2) is 5.26. The summed E-state index contributed by atoms with van der Waals surface area (Å²) in [6.45, 7) is 0. The number of tetrazole rings is 1. The molecule has 18 heavy (non-hydrogen) atoms. The van der Waals surface area contributed by atoms with Crippen molar-refractivity contribution in [3.63, 3.8) is 0 Å². The van der Waals surface area contributed by atoms with Gasteiger partial charge in [-0.25, -0.2) is 5.01 Å². The molecule has 1 aromatic heterocycles. The van der Waals surface area contributed by atoms with E-state index in [1.165, 1.54) is 0 Å². The van der Waals surface area contributed by atoms with Crippen molar-refractivity contribution in [2.45, 2.75) is 0 Å². The van der Waals surface area contributed by atoms with Crippen molar-refractivity contribution in [3.8, 4) is 0 Å². The topological polar surface area (TPSA) is 73.3 Å². The first-order valence-electron chi connectivity index (χ1n) is 5.45. The molecule has 2 rings (SSSR count). The number of aromatic amines is 1. The molecule has 0 unspecified atom stereocenters. The minimum Gasteiger partial charge on any atom is -0.378 e. The van der Waals surface area contributed by atoms with Crippen LogP contribution in [0, 0.1) is 0 Å². The van der Waals surface area contributed by atoms with Gasteiger partial charge in [0, 0.05) is 26.8 Å². The molecule has 7 heteroatoms. The van der Waals surface area contributed by atoms with Crippen molar-refractivity contribution in [3.05, 3.63) is 29.8 Å². The molecule has 1 N–H and O–H groups in total. The lowest BCUT2D eigenvalue weighted by Crippen LogP contribution is -2.11. The van der Waals surface area contributed by atoms with E-state index in [-0.39, 0.29) is 0 Å². The molecule has 0 saturated heterocycles. The minimum atomic E-state index is 0.427. The van der Waals surface area contributed by atoms with Gasteiger partial charge in [0.15, 0.2) is 0 Å². The molecule has 0 fully saturated rings. The van der Waals surface area contributed by atoms with Crippen molar-refractivity contribution in [2.24, 2.45) is 5.10 Å². The summed E-state index contributed by atoms with van der Waals surface area (Å²) in [5.41, 5.74) is 2.16. The lowest BCUT2D eigenvalue weighted by atomic mass is 10.2. The largest absolute Gasteiger partial charge is 0.378 e. The maximum absolute atomic E-state index is 4.22. The molecule has 0 aliphatic heterocycles. The SMILES string of the molecule is CN(C)c1ccc(/C=N\N(C)c2nn[nH]n2)cc1. The molecule has 0 amide bonds. The Morgan fingerprint density at radius 1 is 1.17 bits per heavy atom. The van der Waals surface area contributed by atoms with Gasteiger partial charge in [0.25, 0.3) is 5.95 Å². The van der Waals surface area contributed by atoms with E-state index in [0.29, 0.717) is 5.95 Å². The summed E-state index contributed by atoms with van der Waals surface area (Å²) in [4.78, 5) is 2.05. The molecule has 94 valence electrons. The van der Waals surface area contributed by atoms with Crippen LogP contribution in [0.3, 0.4) is 0 Å². The first-order valence-corrected chi connectivity index (χ1v) is 5.45. The zero-order chi connectivity index (χ0) is 13.0. The Hall–Kier alpha value is -2.44. The quantitative estimate of drug-likeness (QED) is 0.635. The lowest BCUT2D eigenvalue weighted by Gasteiger charge is -2.11. The number of hydrogen-bond donors (Lipinski definition) is 1. The number of aromatic nitrogens is 4. The van der Waals surface area contributed by atoms with Gasteiger partial charge >= 0.3 is 0 Å². The molecule has 0 aliphatic rings. The standard InChI is InChI=1S/C11H15N7/c1-17(2)10-6-4-9(5-7-10)8-12-18(3)11-13-15-16-14-11/h4-8H,1-3H3,(H,13,14,15,16)/b12-8-. The van der Waals surface area contributed by atoms with E-state index in [0.717, 1.165) is 11.3 Å². The summed E-state index contributed by atoms with van der Waals surface area (Å²) in [5.74, 6) is 0.427. The Balaban J connectivity index is 2.05. The third-order valence-corrected chi connectivity index (χ3v) is 2.41. The number of rotatable bonds is 4. The molecule has 0 bridgehead atoms. The summed E-state index contributed by atoms with van der Waals surface area (Å²) in [6, 6.07) is 8.08. The van der Waals surface area contributed by atoms with Crippen LogP contribution in [0.2, 0.25) is 0 Å². The highest BCUT2D eigenvalue weighted by molar-refractivity contribution is 5.80. The number of nitrogens with one attached hydrogen (secondary N) is 1. The molecule has 1 heterocycles. The van der Waals surface area contributed by atoms with Crippen LogP contribution in [-0.4, -0.2) is 48.0 Å². The monoisotopic (exact) mass is 245 g/mol. The highest BCUT2D eigenvalue weighted by atomic mass is 15.6. The molecule has 0 spiro atoms. The lowest BCUT2D eigenvalue weighted by molar-refractivity contribution is 0.881. The van der Waals surface area contributed by atoms with Crippen molar-refractivity contribution in [2.75, 3.05) is 31.1 Å². The summed E-state index contributed by atoms with van der Waals surface area (Å²) >= 11 is 0. The molecular weight excluding hydrogens is 230 g/mol. The van der Waals surface area contributed by atoms with Crippen LogP contribution in [0.5, 0.6) is 0 Å². The van der Waals surface area contributed by atoms with Crippen LogP contribution >= 0.6 is 0 Å². The Bertz CT molecular complexity index is 501. The van der Waals surface area contributed by atoms with Gasteiger partial charge in [-0.05, 0) is 22.9 Å². The normalized spacial score (nSPS) is 10.8. The average molecular weight is 245 g/mol. The van der Waals surface area contributed by atoms with E-state index in [9.17, 15) is 0 Å². The van der Waals surface area contributed by atoms with Crippen molar-refractivity contribution in [1.82, 2.24) is 20.6 Å².